The molecule has 0 aliphatic heterocycles. The van der Waals surface area contributed by atoms with Crippen LogP contribution in [-0.4, -0.2) is 23.2 Å². The van der Waals surface area contributed by atoms with Crippen LogP contribution in [0.2, 0.25) is 20.1 Å². The number of rotatable bonds is 4. The van der Waals surface area contributed by atoms with Gasteiger partial charge < -0.3 is 10.2 Å². The Bertz CT molecular complexity index is 1190. The van der Waals surface area contributed by atoms with Gasteiger partial charge in [-0.3, -0.25) is 4.55 Å². The first-order chi connectivity index (χ1) is 13.5. The monoisotopic (exact) mass is 492 g/mol. The molecule has 1 unspecified atom stereocenters. The summed E-state index contributed by atoms with van der Waals surface area (Å²) in [6.07, 6.45) is 0. The van der Waals surface area contributed by atoms with Gasteiger partial charge >= 0.3 is 0 Å². The van der Waals surface area contributed by atoms with Crippen molar-refractivity contribution in [3.63, 3.8) is 0 Å². The van der Waals surface area contributed by atoms with E-state index < -0.39 is 26.4 Å². The van der Waals surface area contributed by atoms with E-state index in [1.165, 1.54) is 42.5 Å². The van der Waals surface area contributed by atoms with Crippen LogP contribution in [0, 0.1) is 0 Å². The van der Waals surface area contributed by atoms with Crippen LogP contribution in [-0.2, 0) is 14.9 Å². The summed E-state index contributed by atoms with van der Waals surface area (Å²) < 4.78 is 34.0. The van der Waals surface area contributed by atoms with E-state index in [4.69, 9.17) is 46.4 Å². The quantitative estimate of drug-likeness (QED) is 0.311. The van der Waals surface area contributed by atoms with Crippen molar-refractivity contribution in [2.45, 2.75) is 4.75 Å². The molecule has 3 rings (SSSR count). The summed E-state index contributed by atoms with van der Waals surface area (Å²) >= 11 is 24.5. The van der Waals surface area contributed by atoms with Gasteiger partial charge in [0.2, 0.25) is 0 Å². The molecule has 3 N–H and O–H groups in total. The van der Waals surface area contributed by atoms with Crippen LogP contribution in [0.3, 0.4) is 0 Å². The lowest BCUT2D eigenvalue weighted by atomic mass is 9.83. The zero-order valence-electron chi connectivity index (χ0n) is 14.3. The molecule has 0 aromatic heterocycles. The first-order valence-corrected chi connectivity index (χ1v) is 10.8. The lowest BCUT2D eigenvalue weighted by Gasteiger charge is -2.34. The summed E-state index contributed by atoms with van der Waals surface area (Å²) in [6.45, 7) is 0. The summed E-state index contributed by atoms with van der Waals surface area (Å²) in [4.78, 5) is 0. The van der Waals surface area contributed by atoms with Gasteiger partial charge in [-0.1, -0.05) is 64.6 Å². The summed E-state index contributed by atoms with van der Waals surface area (Å²) in [5.74, 6) is -0.919. The van der Waals surface area contributed by atoms with Gasteiger partial charge in [0.05, 0.1) is 10.0 Å². The van der Waals surface area contributed by atoms with Crippen LogP contribution in [0.25, 0.3) is 0 Å². The van der Waals surface area contributed by atoms with E-state index in [-0.39, 0.29) is 36.8 Å². The second-order valence-corrected chi connectivity index (χ2v) is 9.31. The van der Waals surface area contributed by atoms with Gasteiger partial charge in [0.1, 0.15) is 5.75 Å². The zero-order chi connectivity index (χ0) is 21.6. The lowest BCUT2D eigenvalue weighted by molar-refractivity contribution is 0.440. The van der Waals surface area contributed by atoms with Gasteiger partial charge in [0.25, 0.3) is 10.1 Å². The molecule has 0 heterocycles. The highest BCUT2D eigenvalue weighted by Gasteiger charge is 2.51. The maximum atomic E-state index is 13.0. The van der Waals surface area contributed by atoms with Crippen molar-refractivity contribution in [1.29, 1.82) is 0 Å². The van der Waals surface area contributed by atoms with Crippen LogP contribution in [0.5, 0.6) is 11.5 Å². The molecule has 0 aliphatic carbocycles. The molecule has 0 spiro atoms. The van der Waals surface area contributed by atoms with Gasteiger partial charge in [-0.25, -0.2) is 0 Å². The molecule has 0 amide bonds. The van der Waals surface area contributed by atoms with Gasteiger partial charge in [0.15, 0.2) is 10.5 Å². The Morgan fingerprint density at radius 2 is 1.34 bits per heavy atom. The van der Waals surface area contributed by atoms with Gasteiger partial charge in [-0.2, -0.15) is 8.42 Å². The predicted octanol–water partition coefficient (Wildman–Crippen LogP) is 5.89. The molecular weight excluding hydrogens is 482 g/mol. The Morgan fingerprint density at radius 1 is 0.759 bits per heavy atom. The van der Waals surface area contributed by atoms with E-state index in [0.29, 0.717) is 0 Å². The van der Waals surface area contributed by atoms with Gasteiger partial charge in [0, 0.05) is 21.2 Å². The molecule has 0 saturated carbocycles. The Morgan fingerprint density at radius 3 is 1.90 bits per heavy atom. The molecule has 29 heavy (non-hydrogen) atoms. The van der Waals surface area contributed by atoms with Gasteiger partial charge in [-0.05, 0) is 42.0 Å². The number of halogens is 4. The number of para-hydroxylation sites is 1. The summed E-state index contributed by atoms with van der Waals surface area (Å²) in [6, 6.07) is 11.7. The van der Waals surface area contributed by atoms with E-state index in [1.54, 1.807) is 0 Å². The molecule has 3 aromatic carbocycles. The molecule has 1 atom stereocenters. The van der Waals surface area contributed by atoms with Crippen molar-refractivity contribution >= 4 is 56.5 Å². The fourth-order valence-electron chi connectivity index (χ4n) is 3.19. The number of benzene rings is 3. The third kappa shape index (κ3) is 3.65. The van der Waals surface area contributed by atoms with Crippen molar-refractivity contribution in [3.05, 3.63) is 91.4 Å². The lowest BCUT2D eigenvalue weighted by Crippen LogP contribution is -2.38. The van der Waals surface area contributed by atoms with Crippen LogP contribution in [0.1, 0.15) is 16.7 Å². The Labute approximate surface area is 186 Å². The fraction of sp³-hybridized carbons (Fsp3) is 0.0526. The van der Waals surface area contributed by atoms with E-state index in [2.05, 4.69) is 0 Å². The number of phenolic OH excluding ortho intramolecular Hbond substituents is 2. The Balaban J connectivity index is 2.63. The topological polar surface area (TPSA) is 94.8 Å². The number of aromatic hydroxyl groups is 2. The minimum atomic E-state index is -5.10. The van der Waals surface area contributed by atoms with Crippen LogP contribution in [0.15, 0.2) is 54.6 Å². The molecule has 0 aliphatic rings. The highest BCUT2D eigenvalue weighted by molar-refractivity contribution is 7.87. The standard InChI is InChI=1S/C19H12Cl4O5S/c20-11-5-6-14(21)13(9-11)19(29(26,27)28,12-3-1-2-4-17(12)24)10-7-15(22)18(25)16(23)8-10/h1-9,24-25H,(H,26,27,28). The minimum absolute atomic E-state index is 0.0596. The van der Waals surface area contributed by atoms with E-state index in [1.807, 2.05) is 0 Å². The fourth-order valence-corrected chi connectivity index (χ4v) is 5.48. The molecule has 0 fully saturated rings. The zero-order valence-corrected chi connectivity index (χ0v) is 18.1. The molecule has 152 valence electrons. The summed E-state index contributed by atoms with van der Waals surface area (Å²) in [7, 11) is -5.10. The molecule has 0 saturated heterocycles. The van der Waals surface area contributed by atoms with Crippen molar-refractivity contribution < 1.29 is 23.2 Å². The first-order valence-electron chi connectivity index (χ1n) is 7.89. The number of hydrogen-bond donors (Lipinski definition) is 3. The molecule has 0 bridgehead atoms. The molecule has 5 nitrogen and oxygen atoms in total. The SMILES string of the molecule is O=S(=O)(O)C(c1cc(Cl)c(O)c(Cl)c1)(c1ccccc1O)c1cc(Cl)ccc1Cl. The number of phenols is 2. The van der Waals surface area contributed by atoms with Crippen LogP contribution >= 0.6 is 46.4 Å². The average Bonchev–Trinajstić information content (AvgIpc) is 2.63. The maximum Gasteiger partial charge on any atom is 0.283 e. The molecule has 3 aromatic rings. The van der Waals surface area contributed by atoms with E-state index >= 15 is 0 Å². The Kier molecular flexibility index (Phi) is 5.98. The third-order valence-electron chi connectivity index (χ3n) is 4.40. The van der Waals surface area contributed by atoms with Crippen molar-refractivity contribution in [2.75, 3.05) is 0 Å². The number of hydrogen-bond acceptors (Lipinski definition) is 4. The Hall–Kier alpha value is -1.67. The largest absolute Gasteiger partial charge is 0.508 e. The van der Waals surface area contributed by atoms with Gasteiger partial charge in [-0.15, -0.1) is 0 Å². The normalized spacial score (nSPS) is 13.8. The van der Waals surface area contributed by atoms with Crippen LogP contribution < -0.4 is 0 Å². The van der Waals surface area contributed by atoms with Crippen molar-refractivity contribution in [2.24, 2.45) is 0 Å². The van der Waals surface area contributed by atoms with Crippen LogP contribution in [0.4, 0.5) is 0 Å². The predicted molar refractivity (Wildman–Crippen MR) is 114 cm³/mol. The van der Waals surface area contributed by atoms with Crippen molar-refractivity contribution in [3.8, 4) is 11.5 Å². The maximum absolute atomic E-state index is 13.0. The second kappa shape index (κ2) is 7.87. The molecular formula is C19H12Cl4O5S. The average molecular weight is 494 g/mol. The first kappa shape index (κ1) is 22.0. The summed E-state index contributed by atoms with van der Waals surface area (Å²) in [5, 5.41) is 20.0. The molecule has 10 heteroatoms. The third-order valence-corrected chi connectivity index (χ3v) is 6.99. The highest BCUT2D eigenvalue weighted by atomic mass is 35.5. The summed E-state index contributed by atoms with van der Waals surface area (Å²) in [5.41, 5.74) is -0.531. The van der Waals surface area contributed by atoms with Crippen molar-refractivity contribution in [1.82, 2.24) is 0 Å². The van der Waals surface area contributed by atoms with E-state index in [9.17, 15) is 23.2 Å². The second-order valence-electron chi connectivity index (χ2n) is 6.09. The molecule has 0 radical (unpaired) electrons. The smallest absolute Gasteiger partial charge is 0.283 e. The van der Waals surface area contributed by atoms with E-state index in [0.717, 1.165) is 12.1 Å². The minimum Gasteiger partial charge on any atom is -0.508 e. The highest BCUT2D eigenvalue weighted by Crippen LogP contribution is 2.51.